The van der Waals surface area contributed by atoms with Crippen LogP contribution in [0.1, 0.15) is 34.5 Å². The molecule has 0 spiro atoms. The summed E-state index contributed by atoms with van der Waals surface area (Å²) in [6.07, 6.45) is 4.65. The Morgan fingerprint density at radius 1 is 1.11 bits per heavy atom. The summed E-state index contributed by atoms with van der Waals surface area (Å²) >= 11 is 3.07. The molecule has 5 nitrogen and oxygen atoms in total. The van der Waals surface area contributed by atoms with E-state index in [4.69, 9.17) is 0 Å². The third kappa shape index (κ3) is 3.43. The molecular formula is C21H18N4OS2. The van der Waals surface area contributed by atoms with Crippen LogP contribution in [0.2, 0.25) is 0 Å². The van der Waals surface area contributed by atoms with Crippen LogP contribution in [-0.4, -0.2) is 21.1 Å². The molecule has 2 heterocycles. The van der Waals surface area contributed by atoms with Crippen LogP contribution in [0.25, 0.3) is 10.9 Å². The van der Waals surface area contributed by atoms with Gasteiger partial charge >= 0.3 is 0 Å². The summed E-state index contributed by atoms with van der Waals surface area (Å²) in [5.74, 6) is -0.0859. The lowest BCUT2D eigenvalue weighted by Crippen LogP contribution is -2.11. The van der Waals surface area contributed by atoms with Crippen molar-refractivity contribution in [2.75, 3.05) is 5.32 Å². The summed E-state index contributed by atoms with van der Waals surface area (Å²) < 4.78 is 0.903. The Kier molecular flexibility index (Phi) is 4.62. The number of aromatic amines is 1. The monoisotopic (exact) mass is 406 g/mol. The molecule has 140 valence electrons. The highest BCUT2D eigenvalue weighted by Crippen LogP contribution is 2.31. The zero-order valence-electron chi connectivity index (χ0n) is 15.1. The highest BCUT2D eigenvalue weighted by atomic mass is 32.2. The van der Waals surface area contributed by atoms with Crippen LogP contribution in [0, 0.1) is 0 Å². The molecule has 5 rings (SSSR count). The molecule has 2 aromatic carbocycles. The summed E-state index contributed by atoms with van der Waals surface area (Å²) in [7, 11) is 0. The molecule has 0 atom stereocenters. The van der Waals surface area contributed by atoms with Crippen LogP contribution in [0.3, 0.4) is 0 Å². The average Bonchev–Trinajstić information content (AvgIpc) is 3.36. The molecule has 28 heavy (non-hydrogen) atoms. The Labute approximate surface area is 170 Å². The quantitative estimate of drug-likeness (QED) is 0.482. The number of amides is 1. The molecule has 0 unspecified atom stereocenters. The van der Waals surface area contributed by atoms with E-state index < -0.39 is 0 Å². The number of nitrogens with zero attached hydrogens (tertiary/aromatic N) is 2. The van der Waals surface area contributed by atoms with Crippen LogP contribution >= 0.6 is 23.1 Å². The van der Waals surface area contributed by atoms with E-state index in [0.717, 1.165) is 33.3 Å². The number of fused-ring (bicyclic) bond motifs is 3. The Morgan fingerprint density at radius 2 is 1.96 bits per heavy atom. The molecule has 0 saturated heterocycles. The fraction of sp³-hybridized carbons (Fsp3) is 0.190. The number of H-pyrrole nitrogens is 1. The zero-order chi connectivity index (χ0) is 18.9. The topological polar surface area (TPSA) is 70.7 Å². The number of rotatable bonds is 4. The largest absolute Gasteiger partial charge is 0.358 e. The third-order valence-corrected chi connectivity index (χ3v) is 6.80. The fourth-order valence-electron chi connectivity index (χ4n) is 3.67. The maximum Gasteiger partial charge on any atom is 0.255 e. The number of aryl methyl sites for hydroxylation is 2. The molecule has 1 aliphatic carbocycles. The summed E-state index contributed by atoms with van der Waals surface area (Å²) in [6.45, 7) is 0. The van der Waals surface area contributed by atoms with Crippen molar-refractivity contribution in [1.82, 2.24) is 15.2 Å². The molecule has 2 aromatic heterocycles. The van der Waals surface area contributed by atoms with Crippen molar-refractivity contribution in [2.24, 2.45) is 0 Å². The van der Waals surface area contributed by atoms with Crippen LogP contribution < -0.4 is 5.32 Å². The van der Waals surface area contributed by atoms with Gasteiger partial charge in [-0.1, -0.05) is 23.1 Å². The van der Waals surface area contributed by atoms with Gasteiger partial charge in [0.25, 0.3) is 5.91 Å². The van der Waals surface area contributed by atoms with Gasteiger partial charge in [0.1, 0.15) is 5.51 Å². The molecule has 0 radical (unpaired) electrons. The van der Waals surface area contributed by atoms with E-state index in [9.17, 15) is 4.79 Å². The van der Waals surface area contributed by atoms with Crippen LogP contribution in [0.4, 0.5) is 5.69 Å². The predicted molar refractivity (Wildman–Crippen MR) is 113 cm³/mol. The summed E-state index contributed by atoms with van der Waals surface area (Å²) in [5, 5.41) is 12.1. The van der Waals surface area contributed by atoms with Gasteiger partial charge in [-0.2, -0.15) is 0 Å². The number of nitrogens with one attached hydrogen (secondary N) is 2. The van der Waals surface area contributed by atoms with Crippen LogP contribution in [-0.2, 0) is 12.8 Å². The van der Waals surface area contributed by atoms with Crippen molar-refractivity contribution in [3.8, 4) is 0 Å². The maximum absolute atomic E-state index is 12.7. The van der Waals surface area contributed by atoms with Gasteiger partial charge < -0.3 is 10.3 Å². The molecule has 1 amide bonds. The van der Waals surface area contributed by atoms with E-state index >= 15 is 0 Å². The second-order valence-electron chi connectivity index (χ2n) is 6.83. The van der Waals surface area contributed by atoms with Crippen molar-refractivity contribution in [3.05, 3.63) is 64.8 Å². The van der Waals surface area contributed by atoms with E-state index in [1.165, 1.54) is 40.8 Å². The number of carbonyl (C=O) groups excluding carboxylic acids is 1. The van der Waals surface area contributed by atoms with E-state index in [0.29, 0.717) is 5.56 Å². The second-order valence-corrected chi connectivity index (χ2v) is 8.99. The molecular weight excluding hydrogens is 388 g/mol. The van der Waals surface area contributed by atoms with Crippen molar-refractivity contribution in [3.63, 3.8) is 0 Å². The first-order valence-electron chi connectivity index (χ1n) is 9.25. The Morgan fingerprint density at radius 3 is 2.79 bits per heavy atom. The molecule has 0 saturated carbocycles. The van der Waals surface area contributed by atoms with Crippen molar-refractivity contribution >= 4 is 45.6 Å². The minimum absolute atomic E-state index is 0.0859. The fourth-order valence-corrected chi connectivity index (χ4v) is 5.12. The van der Waals surface area contributed by atoms with Gasteiger partial charge in [0, 0.05) is 32.7 Å². The molecule has 0 aliphatic heterocycles. The summed E-state index contributed by atoms with van der Waals surface area (Å²) in [6, 6.07) is 13.7. The average molecular weight is 407 g/mol. The number of benzene rings is 2. The van der Waals surface area contributed by atoms with Crippen molar-refractivity contribution in [1.29, 1.82) is 0 Å². The van der Waals surface area contributed by atoms with Gasteiger partial charge in [0.15, 0.2) is 4.34 Å². The van der Waals surface area contributed by atoms with Gasteiger partial charge in [0.05, 0.1) is 0 Å². The van der Waals surface area contributed by atoms with Crippen molar-refractivity contribution in [2.45, 2.75) is 34.9 Å². The minimum atomic E-state index is -0.0859. The number of carbonyl (C=O) groups is 1. The first-order chi connectivity index (χ1) is 13.8. The van der Waals surface area contributed by atoms with Gasteiger partial charge in [-0.05, 0) is 73.7 Å². The lowest BCUT2D eigenvalue weighted by molar-refractivity contribution is 0.102. The maximum atomic E-state index is 12.7. The van der Waals surface area contributed by atoms with Crippen molar-refractivity contribution < 1.29 is 4.79 Å². The van der Waals surface area contributed by atoms with E-state index in [1.54, 1.807) is 17.3 Å². The standard InChI is InChI=1S/C21H18N4OS2/c26-20(23-14-6-8-15(9-7-14)28-21-25-22-12-27-21)13-5-10-19-17(11-13)16-3-1-2-4-18(16)24-19/h5-12,24H,1-4H2,(H,23,26). The van der Waals surface area contributed by atoms with E-state index in [1.807, 2.05) is 42.5 Å². The lowest BCUT2D eigenvalue weighted by atomic mass is 9.95. The Hall–Kier alpha value is -2.64. The highest BCUT2D eigenvalue weighted by molar-refractivity contribution is 8.01. The van der Waals surface area contributed by atoms with Crippen LogP contribution in [0.15, 0.2) is 57.2 Å². The smallest absolute Gasteiger partial charge is 0.255 e. The molecule has 0 fully saturated rings. The second kappa shape index (κ2) is 7.41. The number of hydrogen-bond donors (Lipinski definition) is 2. The Balaban J connectivity index is 1.33. The lowest BCUT2D eigenvalue weighted by Gasteiger charge is -2.10. The summed E-state index contributed by atoms with van der Waals surface area (Å²) in [5.41, 5.74) is 7.03. The van der Waals surface area contributed by atoms with Gasteiger partial charge in [-0.3, -0.25) is 4.79 Å². The number of aromatic nitrogens is 3. The van der Waals surface area contributed by atoms with Crippen LogP contribution in [0.5, 0.6) is 0 Å². The van der Waals surface area contributed by atoms with E-state index in [-0.39, 0.29) is 5.91 Å². The SMILES string of the molecule is O=C(Nc1ccc(Sc2nncs2)cc1)c1ccc2[nH]c3c(c2c1)CCCC3. The zero-order valence-corrected chi connectivity index (χ0v) is 16.7. The first-order valence-corrected chi connectivity index (χ1v) is 10.9. The first kappa shape index (κ1) is 17.5. The molecule has 0 bridgehead atoms. The molecule has 4 aromatic rings. The molecule has 7 heteroatoms. The minimum Gasteiger partial charge on any atom is -0.358 e. The van der Waals surface area contributed by atoms with Gasteiger partial charge in [0.2, 0.25) is 0 Å². The molecule has 2 N–H and O–H groups in total. The number of hydrogen-bond acceptors (Lipinski definition) is 5. The van der Waals surface area contributed by atoms with Gasteiger partial charge in [-0.25, -0.2) is 0 Å². The normalized spacial score (nSPS) is 13.4. The molecule has 1 aliphatic rings. The summed E-state index contributed by atoms with van der Waals surface area (Å²) in [4.78, 5) is 17.3. The predicted octanol–water partition coefficient (Wildman–Crippen LogP) is 5.30. The van der Waals surface area contributed by atoms with Gasteiger partial charge in [-0.15, -0.1) is 10.2 Å². The van der Waals surface area contributed by atoms with E-state index in [2.05, 4.69) is 20.5 Å². The number of anilines is 1. The highest BCUT2D eigenvalue weighted by Gasteiger charge is 2.17. The Bertz CT molecular complexity index is 1130. The third-order valence-electron chi connectivity index (χ3n) is 5.02.